The van der Waals surface area contributed by atoms with Gasteiger partial charge in [-0.3, -0.25) is 9.36 Å². The van der Waals surface area contributed by atoms with Crippen LogP contribution in [-0.4, -0.2) is 15.5 Å². The average molecular weight is 452 g/mol. The molecule has 0 saturated carbocycles. The number of nitrogens with zero attached hydrogens (tertiary/aromatic N) is 2. The van der Waals surface area contributed by atoms with Gasteiger partial charge < -0.3 is 0 Å². The van der Waals surface area contributed by atoms with E-state index in [1.54, 1.807) is 41.0 Å². The van der Waals surface area contributed by atoms with Crippen LogP contribution in [0.4, 0.5) is 0 Å². The van der Waals surface area contributed by atoms with E-state index in [4.69, 9.17) is 39.8 Å². The summed E-state index contributed by atoms with van der Waals surface area (Å²) in [6.07, 6.45) is 0. The monoisotopic (exact) mass is 450 g/mol. The Labute approximate surface area is 187 Å². The number of aromatic nitrogens is 2. The maximum atomic E-state index is 13.7. The van der Waals surface area contributed by atoms with Crippen LogP contribution in [0.15, 0.2) is 78.9 Å². The highest BCUT2D eigenvalue weighted by Gasteiger charge is 2.23. The topological polar surface area (TPSA) is 34.9 Å². The summed E-state index contributed by atoms with van der Waals surface area (Å²) in [6.45, 7) is 0. The zero-order valence-corrected chi connectivity index (χ0v) is 17.7. The van der Waals surface area contributed by atoms with Gasteiger partial charge in [0.1, 0.15) is 5.82 Å². The Morgan fingerprint density at radius 3 is 2.47 bits per heavy atom. The molecule has 0 aliphatic rings. The lowest BCUT2D eigenvalue weighted by Crippen LogP contribution is -2.14. The van der Waals surface area contributed by atoms with E-state index in [1.807, 2.05) is 42.5 Å². The summed E-state index contributed by atoms with van der Waals surface area (Å²) in [5.41, 5.74) is 2.41. The largest absolute Gasteiger partial charge is 0.268 e. The molecule has 1 aromatic heterocycles. The van der Waals surface area contributed by atoms with Gasteiger partial charge in [0.2, 0.25) is 0 Å². The number of carbonyl (C=O) groups is 1. The molecule has 0 saturated heterocycles. The van der Waals surface area contributed by atoms with Crippen molar-refractivity contribution in [3.8, 4) is 11.4 Å². The number of halogens is 3. The van der Waals surface area contributed by atoms with Gasteiger partial charge in [-0.1, -0.05) is 83.3 Å². The molecule has 0 N–H and O–H groups in total. The number of imidazole rings is 1. The second kappa shape index (κ2) is 7.44. The van der Waals surface area contributed by atoms with Gasteiger partial charge in [0.25, 0.3) is 5.91 Å². The average Bonchev–Trinajstić information content (AvgIpc) is 3.13. The van der Waals surface area contributed by atoms with Crippen molar-refractivity contribution in [3.63, 3.8) is 0 Å². The van der Waals surface area contributed by atoms with Crippen LogP contribution in [-0.2, 0) is 0 Å². The Bertz CT molecular complexity index is 1450. The van der Waals surface area contributed by atoms with Crippen LogP contribution in [0.25, 0.3) is 33.2 Å². The normalized spacial score (nSPS) is 11.3. The van der Waals surface area contributed by atoms with Crippen LogP contribution >= 0.6 is 34.8 Å². The highest BCUT2D eigenvalue weighted by Crippen LogP contribution is 2.34. The van der Waals surface area contributed by atoms with Crippen molar-refractivity contribution in [2.45, 2.75) is 0 Å². The summed E-state index contributed by atoms with van der Waals surface area (Å²) in [7, 11) is 0. The van der Waals surface area contributed by atoms with Gasteiger partial charge in [-0.05, 0) is 41.1 Å². The summed E-state index contributed by atoms with van der Waals surface area (Å²) >= 11 is 18.7. The highest BCUT2D eigenvalue weighted by atomic mass is 35.5. The summed E-state index contributed by atoms with van der Waals surface area (Å²) in [6, 6.07) is 24.2. The van der Waals surface area contributed by atoms with Gasteiger partial charge in [0, 0.05) is 10.6 Å². The first-order chi connectivity index (χ1) is 14.5. The number of rotatable bonds is 2. The molecule has 3 nitrogen and oxygen atoms in total. The molecule has 0 fully saturated rings. The van der Waals surface area contributed by atoms with Crippen molar-refractivity contribution in [3.05, 3.63) is 99.5 Å². The molecular weight excluding hydrogens is 439 g/mol. The summed E-state index contributed by atoms with van der Waals surface area (Å²) in [5, 5.41) is 3.13. The molecule has 0 atom stereocenters. The lowest BCUT2D eigenvalue weighted by Gasteiger charge is -2.12. The maximum Gasteiger partial charge on any atom is 0.265 e. The lowest BCUT2D eigenvalue weighted by molar-refractivity contribution is 0.0966. The molecule has 146 valence electrons. The fourth-order valence-electron chi connectivity index (χ4n) is 3.65. The molecule has 1 heterocycles. The Morgan fingerprint density at radius 2 is 1.60 bits per heavy atom. The summed E-state index contributed by atoms with van der Waals surface area (Å²) < 4.78 is 1.57. The molecule has 0 aliphatic carbocycles. The van der Waals surface area contributed by atoms with E-state index in [9.17, 15) is 4.79 Å². The van der Waals surface area contributed by atoms with Gasteiger partial charge in [-0.2, -0.15) is 0 Å². The summed E-state index contributed by atoms with van der Waals surface area (Å²) in [4.78, 5) is 18.4. The molecule has 4 aromatic carbocycles. The molecule has 30 heavy (non-hydrogen) atoms. The molecule has 5 rings (SSSR count). The standard InChI is InChI=1S/C24H13Cl3N2O/c25-15-11-12-21-20(13-15)28-23(17-8-3-6-14-5-1-2-7-16(14)17)29(21)24(30)18-9-4-10-19(26)22(18)27/h1-13H. The van der Waals surface area contributed by atoms with Gasteiger partial charge in [-0.25, -0.2) is 4.98 Å². The first-order valence-corrected chi connectivity index (χ1v) is 10.3. The first-order valence-electron chi connectivity index (χ1n) is 9.19. The van der Waals surface area contributed by atoms with Crippen LogP contribution in [0.1, 0.15) is 10.4 Å². The number of carbonyl (C=O) groups excluding carboxylic acids is 1. The molecule has 0 bridgehead atoms. The van der Waals surface area contributed by atoms with E-state index < -0.39 is 0 Å². The van der Waals surface area contributed by atoms with Crippen molar-refractivity contribution < 1.29 is 4.79 Å². The minimum absolute atomic E-state index is 0.212. The number of hydrogen-bond donors (Lipinski definition) is 0. The van der Waals surface area contributed by atoms with Gasteiger partial charge in [0.05, 0.1) is 26.6 Å². The third kappa shape index (κ3) is 3.07. The smallest absolute Gasteiger partial charge is 0.265 e. The van der Waals surface area contributed by atoms with Gasteiger partial charge >= 0.3 is 0 Å². The highest BCUT2D eigenvalue weighted by molar-refractivity contribution is 6.44. The quantitative estimate of drug-likeness (QED) is 0.278. The SMILES string of the molecule is O=C(c1cccc(Cl)c1Cl)n1c(-c2cccc3ccccc23)nc2cc(Cl)ccc21. The van der Waals surface area contributed by atoms with E-state index in [-0.39, 0.29) is 10.9 Å². The third-order valence-electron chi connectivity index (χ3n) is 5.03. The van der Waals surface area contributed by atoms with Crippen LogP contribution in [0.3, 0.4) is 0 Å². The predicted molar refractivity (Wildman–Crippen MR) is 124 cm³/mol. The van der Waals surface area contributed by atoms with E-state index in [2.05, 4.69) is 0 Å². The molecule has 5 aromatic rings. The van der Waals surface area contributed by atoms with Crippen LogP contribution in [0.2, 0.25) is 15.1 Å². The number of hydrogen-bond acceptors (Lipinski definition) is 2. The minimum Gasteiger partial charge on any atom is -0.268 e. The van der Waals surface area contributed by atoms with Crippen LogP contribution < -0.4 is 0 Å². The summed E-state index contributed by atoms with van der Waals surface area (Å²) in [5.74, 6) is 0.209. The molecule has 0 unspecified atom stereocenters. The zero-order chi connectivity index (χ0) is 20.8. The van der Waals surface area contributed by atoms with E-state index in [1.165, 1.54) is 0 Å². The second-order valence-electron chi connectivity index (χ2n) is 6.84. The molecule has 0 radical (unpaired) electrons. The van der Waals surface area contributed by atoms with Gasteiger partial charge in [-0.15, -0.1) is 0 Å². The Hall–Kier alpha value is -2.85. The molecule has 0 spiro atoms. The maximum absolute atomic E-state index is 13.7. The van der Waals surface area contributed by atoms with Crippen molar-refractivity contribution in [2.75, 3.05) is 0 Å². The Morgan fingerprint density at radius 1 is 0.833 bits per heavy atom. The fourth-order valence-corrected chi connectivity index (χ4v) is 4.20. The van der Waals surface area contributed by atoms with E-state index in [0.29, 0.717) is 32.5 Å². The Balaban J connectivity index is 1.85. The fraction of sp³-hybridized carbons (Fsp3) is 0. The van der Waals surface area contributed by atoms with Crippen molar-refractivity contribution in [1.82, 2.24) is 9.55 Å². The van der Waals surface area contributed by atoms with Crippen LogP contribution in [0, 0.1) is 0 Å². The van der Waals surface area contributed by atoms with Crippen molar-refractivity contribution in [1.29, 1.82) is 0 Å². The van der Waals surface area contributed by atoms with E-state index in [0.717, 1.165) is 16.3 Å². The Kier molecular flexibility index (Phi) is 4.75. The third-order valence-corrected chi connectivity index (χ3v) is 6.09. The van der Waals surface area contributed by atoms with Gasteiger partial charge in [0.15, 0.2) is 0 Å². The zero-order valence-electron chi connectivity index (χ0n) is 15.4. The second-order valence-corrected chi connectivity index (χ2v) is 8.06. The van der Waals surface area contributed by atoms with Crippen LogP contribution in [0.5, 0.6) is 0 Å². The minimum atomic E-state index is -0.310. The number of fused-ring (bicyclic) bond motifs is 2. The number of benzene rings is 4. The first kappa shape index (κ1) is 19.1. The van der Waals surface area contributed by atoms with E-state index >= 15 is 0 Å². The molecular formula is C24H13Cl3N2O. The molecule has 6 heteroatoms. The molecule has 0 amide bonds. The van der Waals surface area contributed by atoms with Crippen molar-refractivity contribution >= 4 is 62.5 Å². The molecule has 0 aliphatic heterocycles. The lowest BCUT2D eigenvalue weighted by atomic mass is 10.0. The predicted octanol–water partition coefficient (Wildman–Crippen LogP) is 7.51. The van der Waals surface area contributed by atoms with Crippen molar-refractivity contribution in [2.24, 2.45) is 0 Å².